The van der Waals surface area contributed by atoms with Crippen LogP contribution in [0.3, 0.4) is 0 Å². The van der Waals surface area contributed by atoms with Gasteiger partial charge in [-0.2, -0.15) is 0 Å². The summed E-state index contributed by atoms with van der Waals surface area (Å²) in [6, 6.07) is 6.88. The highest BCUT2D eigenvalue weighted by Gasteiger charge is 2.24. The molecule has 86 valence electrons. The van der Waals surface area contributed by atoms with Gasteiger partial charge in [-0.3, -0.25) is 4.79 Å². The Morgan fingerprint density at radius 2 is 2.25 bits per heavy atom. The predicted octanol–water partition coefficient (Wildman–Crippen LogP) is 2.41. The molecule has 1 fully saturated rings. The average Bonchev–Trinajstić information content (AvgIpc) is 2.29. The summed E-state index contributed by atoms with van der Waals surface area (Å²) in [7, 11) is 0. The Bertz CT molecular complexity index is 389. The van der Waals surface area contributed by atoms with Crippen molar-refractivity contribution in [3.63, 3.8) is 0 Å². The molecular weight excluding hydrogens is 202 g/mol. The van der Waals surface area contributed by atoms with Crippen LogP contribution >= 0.6 is 0 Å². The summed E-state index contributed by atoms with van der Waals surface area (Å²) in [5, 5.41) is 9.36. The largest absolute Gasteiger partial charge is 0.508 e. The molecule has 1 atom stereocenters. The minimum atomic E-state index is 0.0306. The van der Waals surface area contributed by atoms with Gasteiger partial charge in [0.25, 0.3) is 5.91 Å². The zero-order valence-corrected chi connectivity index (χ0v) is 9.52. The summed E-state index contributed by atoms with van der Waals surface area (Å²) in [6.45, 7) is 2.91. The molecule has 1 aromatic carbocycles. The number of benzene rings is 1. The van der Waals surface area contributed by atoms with E-state index in [9.17, 15) is 9.90 Å². The van der Waals surface area contributed by atoms with Crippen LogP contribution in [0.2, 0.25) is 0 Å². The van der Waals surface area contributed by atoms with Gasteiger partial charge in [0.1, 0.15) is 5.75 Å². The second-order valence-corrected chi connectivity index (χ2v) is 4.39. The van der Waals surface area contributed by atoms with Crippen LogP contribution in [0.5, 0.6) is 5.75 Å². The molecule has 1 amide bonds. The quantitative estimate of drug-likeness (QED) is 0.788. The first-order chi connectivity index (χ1) is 7.68. The molecule has 1 heterocycles. The first-order valence-electron chi connectivity index (χ1n) is 5.78. The van der Waals surface area contributed by atoms with E-state index in [1.807, 2.05) is 4.90 Å². The third-order valence-corrected chi connectivity index (χ3v) is 3.16. The van der Waals surface area contributed by atoms with Gasteiger partial charge < -0.3 is 10.0 Å². The zero-order valence-electron chi connectivity index (χ0n) is 9.52. The standard InChI is InChI=1S/C13H17NO2/c1-10-5-2-3-8-14(10)13(16)11-6-4-7-12(15)9-11/h4,6-7,9-10,15H,2-3,5,8H2,1H3. The van der Waals surface area contributed by atoms with Gasteiger partial charge in [0.15, 0.2) is 0 Å². The number of hydrogen-bond acceptors (Lipinski definition) is 2. The van der Waals surface area contributed by atoms with E-state index in [2.05, 4.69) is 6.92 Å². The summed E-state index contributed by atoms with van der Waals surface area (Å²) in [6.07, 6.45) is 3.35. The van der Waals surface area contributed by atoms with Gasteiger partial charge in [0.2, 0.25) is 0 Å². The maximum Gasteiger partial charge on any atom is 0.254 e. The van der Waals surface area contributed by atoms with Gasteiger partial charge in [0, 0.05) is 18.2 Å². The minimum absolute atomic E-state index is 0.0306. The lowest BCUT2D eigenvalue weighted by Crippen LogP contribution is -2.41. The van der Waals surface area contributed by atoms with Crippen LogP contribution in [0.4, 0.5) is 0 Å². The van der Waals surface area contributed by atoms with Crippen LogP contribution in [-0.4, -0.2) is 28.5 Å². The zero-order chi connectivity index (χ0) is 11.5. The van der Waals surface area contributed by atoms with Crippen molar-refractivity contribution < 1.29 is 9.90 Å². The molecule has 3 heteroatoms. The maximum atomic E-state index is 12.2. The fourth-order valence-electron chi connectivity index (χ4n) is 2.20. The van der Waals surface area contributed by atoms with Crippen molar-refractivity contribution in [2.75, 3.05) is 6.54 Å². The molecule has 1 saturated heterocycles. The van der Waals surface area contributed by atoms with Gasteiger partial charge in [-0.05, 0) is 44.4 Å². The maximum absolute atomic E-state index is 12.2. The van der Waals surface area contributed by atoms with E-state index in [4.69, 9.17) is 0 Å². The topological polar surface area (TPSA) is 40.5 Å². The number of carbonyl (C=O) groups excluding carboxylic acids is 1. The normalized spacial score (nSPS) is 20.8. The van der Waals surface area contributed by atoms with Gasteiger partial charge in [-0.15, -0.1) is 0 Å². The number of hydrogen-bond donors (Lipinski definition) is 1. The second kappa shape index (κ2) is 4.56. The van der Waals surface area contributed by atoms with Crippen LogP contribution in [0.1, 0.15) is 36.5 Å². The van der Waals surface area contributed by atoms with Gasteiger partial charge in [-0.1, -0.05) is 6.07 Å². The lowest BCUT2D eigenvalue weighted by molar-refractivity contribution is 0.0635. The first kappa shape index (κ1) is 11.0. The molecule has 2 rings (SSSR count). The number of amides is 1. The summed E-state index contributed by atoms with van der Waals surface area (Å²) < 4.78 is 0. The van der Waals surface area contributed by atoms with E-state index in [0.29, 0.717) is 11.6 Å². The number of piperidine rings is 1. The van der Waals surface area contributed by atoms with Gasteiger partial charge >= 0.3 is 0 Å². The van der Waals surface area contributed by atoms with Crippen molar-refractivity contribution in [2.24, 2.45) is 0 Å². The SMILES string of the molecule is CC1CCCCN1C(=O)c1cccc(O)c1. The summed E-state index contributed by atoms with van der Waals surface area (Å²) in [5.74, 6) is 0.179. The van der Waals surface area contributed by atoms with Crippen LogP contribution in [0.15, 0.2) is 24.3 Å². The average molecular weight is 219 g/mol. The van der Waals surface area contributed by atoms with Crippen molar-refractivity contribution in [2.45, 2.75) is 32.2 Å². The Balaban J connectivity index is 2.17. The van der Waals surface area contributed by atoms with Gasteiger partial charge in [0.05, 0.1) is 0 Å². The second-order valence-electron chi connectivity index (χ2n) is 4.39. The number of phenols is 1. The van der Waals surface area contributed by atoms with Crippen molar-refractivity contribution in [1.29, 1.82) is 0 Å². The Kier molecular flexibility index (Phi) is 3.13. The van der Waals surface area contributed by atoms with Crippen LogP contribution in [0.25, 0.3) is 0 Å². The lowest BCUT2D eigenvalue weighted by Gasteiger charge is -2.33. The summed E-state index contributed by atoms with van der Waals surface area (Å²) in [4.78, 5) is 14.1. The minimum Gasteiger partial charge on any atom is -0.508 e. The molecular formula is C13H17NO2. The Hall–Kier alpha value is -1.51. The van der Waals surface area contributed by atoms with Crippen LogP contribution in [-0.2, 0) is 0 Å². The molecule has 0 bridgehead atoms. The van der Waals surface area contributed by atoms with Crippen LogP contribution < -0.4 is 0 Å². The number of likely N-dealkylation sites (tertiary alicyclic amines) is 1. The Labute approximate surface area is 95.7 Å². The van der Waals surface area contributed by atoms with E-state index in [1.54, 1.807) is 18.2 Å². The third kappa shape index (κ3) is 2.18. The van der Waals surface area contributed by atoms with Crippen LogP contribution in [0, 0.1) is 0 Å². The molecule has 0 saturated carbocycles. The van der Waals surface area contributed by atoms with E-state index >= 15 is 0 Å². The highest BCUT2D eigenvalue weighted by Crippen LogP contribution is 2.20. The van der Waals surface area contributed by atoms with E-state index in [0.717, 1.165) is 19.4 Å². The van der Waals surface area contributed by atoms with Crippen molar-refractivity contribution >= 4 is 5.91 Å². The van der Waals surface area contributed by atoms with E-state index in [-0.39, 0.29) is 11.7 Å². The molecule has 1 aliphatic heterocycles. The Morgan fingerprint density at radius 3 is 2.94 bits per heavy atom. The molecule has 1 unspecified atom stereocenters. The fraction of sp³-hybridized carbons (Fsp3) is 0.462. The number of aromatic hydroxyl groups is 1. The number of rotatable bonds is 1. The predicted molar refractivity (Wildman–Crippen MR) is 62.5 cm³/mol. The van der Waals surface area contributed by atoms with Gasteiger partial charge in [-0.25, -0.2) is 0 Å². The molecule has 3 nitrogen and oxygen atoms in total. The molecule has 0 aliphatic carbocycles. The van der Waals surface area contributed by atoms with Crippen molar-refractivity contribution in [3.8, 4) is 5.75 Å². The highest BCUT2D eigenvalue weighted by atomic mass is 16.3. The monoisotopic (exact) mass is 219 g/mol. The number of carbonyl (C=O) groups is 1. The fourth-order valence-corrected chi connectivity index (χ4v) is 2.20. The Morgan fingerprint density at radius 1 is 1.44 bits per heavy atom. The van der Waals surface area contributed by atoms with Crippen molar-refractivity contribution in [3.05, 3.63) is 29.8 Å². The summed E-state index contributed by atoms with van der Waals surface area (Å²) >= 11 is 0. The third-order valence-electron chi connectivity index (χ3n) is 3.16. The van der Waals surface area contributed by atoms with E-state index in [1.165, 1.54) is 12.5 Å². The lowest BCUT2D eigenvalue weighted by atomic mass is 10.0. The molecule has 0 radical (unpaired) electrons. The smallest absolute Gasteiger partial charge is 0.254 e. The molecule has 16 heavy (non-hydrogen) atoms. The molecule has 1 aliphatic rings. The van der Waals surface area contributed by atoms with Crippen molar-refractivity contribution in [1.82, 2.24) is 4.90 Å². The molecule has 0 spiro atoms. The number of phenolic OH excluding ortho intramolecular Hbond substituents is 1. The molecule has 0 aromatic heterocycles. The molecule has 1 aromatic rings. The molecule has 1 N–H and O–H groups in total. The highest BCUT2D eigenvalue weighted by molar-refractivity contribution is 5.94. The first-order valence-corrected chi connectivity index (χ1v) is 5.78. The number of nitrogens with zero attached hydrogens (tertiary/aromatic N) is 1. The summed E-state index contributed by atoms with van der Waals surface area (Å²) in [5.41, 5.74) is 0.578. The van der Waals surface area contributed by atoms with E-state index < -0.39 is 0 Å².